The molecule has 0 bridgehead atoms. The van der Waals surface area contributed by atoms with E-state index in [4.69, 9.17) is 16.1 Å². The summed E-state index contributed by atoms with van der Waals surface area (Å²) in [6.45, 7) is 2.19. The average Bonchev–Trinajstić information content (AvgIpc) is 3.16. The average molecular weight is 331 g/mol. The molecule has 118 valence electrons. The van der Waals surface area contributed by atoms with Gasteiger partial charge in [0.05, 0.1) is 24.0 Å². The Balaban J connectivity index is 1.74. The predicted octanol–water partition coefficient (Wildman–Crippen LogP) is 3.09. The minimum atomic E-state index is -0.133. The summed E-state index contributed by atoms with van der Waals surface area (Å²) in [5.41, 5.74) is 2.05. The van der Waals surface area contributed by atoms with Crippen LogP contribution < -0.4 is 0 Å². The number of nitrogens with zero attached hydrogens (tertiary/aromatic N) is 4. The molecule has 7 heteroatoms. The van der Waals surface area contributed by atoms with Crippen LogP contribution in [0.5, 0.6) is 0 Å². The maximum absolute atomic E-state index is 12.4. The lowest BCUT2D eigenvalue weighted by atomic mass is 10.3. The zero-order valence-electron chi connectivity index (χ0n) is 12.7. The Morgan fingerprint density at radius 2 is 2.09 bits per heavy atom. The molecule has 0 radical (unpaired) electrons. The fourth-order valence-electron chi connectivity index (χ4n) is 2.20. The zero-order chi connectivity index (χ0) is 16.4. The highest BCUT2D eigenvalue weighted by atomic mass is 35.5. The van der Waals surface area contributed by atoms with Gasteiger partial charge in [0.15, 0.2) is 0 Å². The SMILES string of the molecule is Cc1cc(CN(C)C(=O)c2cnn(-c3ccc(Cl)cc3)c2)no1. The van der Waals surface area contributed by atoms with Crippen LogP contribution in [0.15, 0.2) is 47.2 Å². The highest BCUT2D eigenvalue weighted by molar-refractivity contribution is 6.30. The van der Waals surface area contributed by atoms with E-state index in [1.54, 1.807) is 47.2 Å². The van der Waals surface area contributed by atoms with Gasteiger partial charge in [-0.3, -0.25) is 4.79 Å². The lowest BCUT2D eigenvalue weighted by Gasteiger charge is -2.14. The minimum Gasteiger partial charge on any atom is -0.361 e. The molecule has 0 aliphatic heterocycles. The molecule has 0 atom stereocenters. The van der Waals surface area contributed by atoms with Crippen LogP contribution >= 0.6 is 11.6 Å². The Morgan fingerprint density at radius 1 is 1.35 bits per heavy atom. The Bertz CT molecular complexity index is 823. The van der Waals surface area contributed by atoms with E-state index in [-0.39, 0.29) is 5.91 Å². The number of aromatic nitrogens is 3. The molecular formula is C16H15ClN4O2. The van der Waals surface area contributed by atoms with Gasteiger partial charge in [-0.15, -0.1) is 0 Å². The largest absolute Gasteiger partial charge is 0.361 e. The number of aryl methyl sites for hydroxylation is 1. The van der Waals surface area contributed by atoms with E-state index in [0.29, 0.717) is 22.8 Å². The normalized spacial score (nSPS) is 10.7. The van der Waals surface area contributed by atoms with Crippen LogP contribution in [0.2, 0.25) is 5.02 Å². The monoisotopic (exact) mass is 330 g/mol. The maximum atomic E-state index is 12.4. The second-order valence-electron chi connectivity index (χ2n) is 5.24. The van der Waals surface area contributed by atoms with Crippen molar-refractivity contribution in [2.75, 3.05) is 7.05 Å². The maximum Gasteiger partial charge on any atom is 0.257 e. The molecule has 0 unspecified atom stereocenters. The number of benzene rings is 1. The highest BCUT2D eigenvalue weighted by Gasteiger charge is 2.16. The third kappa shape index (κ3) is 3.43. The quantitative estimate of drug-likeness (QED) is 0.737. The molecule has 1 amide bonds. The molecule has 0 fully saturated rings. The fourth-order valence-corrected chi connectivity index (χ4v) is 2.32. The summed E-state index contributed by atoms with van der Waals surface area (Å²) >= 11 is 5.87. The molecular weight excluding hydrogens is 316 g/mol. The summed E-state index contributed by atoms with van der Waals surface area (Å²) in [6.07, 6.45) is 3.23. The van der Waals surface area contributed by atoms with Gasteiger partial charge in [-0.05, 0) is 31.2 Å². The first-order valence-electron chi connectivity index (χ1n) is 7.01. The van der Waals surface area contributed by atoms with E-state index in [1.807, 2.05) is 19.1 Å². The van der Waals surface area contributed by atoms with Crippen LogP contribution in [0.3, 0.4) is 0 Å². The summed E-state index contributed by atoms with van der Waals surface area (Å²) in [5.74, 6) is 0.585. The number of halogens is 1. The first kappa shape index (κ1) is 15.3. The molecule has 3 aromatic rings. The van der Waals surface area contributed by atoms with Gasteiger partial charge in [0.2, 0.25) is 0 Å². The highest BCUT2D eigenvalue weighted by Crippen LogP contribution is 2.14. The van der Waals surface area contributed by atoms with Crippen LogP contribution in [0.25, 0.3) is 5.69 Å². The number of hydrogen-bond donors (Lipinski definition) is 0. The van der Waals surface area contributed by atoms with Crippen molar-refractivity contribution in [3.8, 4) is 5.69 Å². The van der Waals surface area contributed by atoms with E-state index in [0.717, 1.165) is 11.4 Å². The number of carbonyl (C=O) groups excluding carboxylic acids is 1. The lowest BCUT2D eigenvalue weighted by Crippen LogP contribution is -2.26. The molecule has 6 nitrogen and oxygen atoms in total. The van der Waals surface area contributed by atoms with Gasteiger partial charge in [0.25, 0.3) is 5.91 Å². The second-order valence-corrected chi connectivity index (χ2v) is 5.68. The molecule has 1 aromatic carbocycles. The third-order valence-corrected chi connectivity index (χ3v) is 3.60. The van der Waals surface area contributed by atoms with Crippen molar-refractivity contribution in [2.45, 2.75) is 13.5 Å². The molecule has 0 saturated heterocycles. The standard InChI is InChI=1S/C16H15ClN4O2/c1-11-7-14(19-23-11)10-20(2)16(22)12-8-18-21(9-12)15-5-3-13(17)4-6-15/h3-9H,10H2,1-2H3. The molecule has 0 N–H and O–H groups in total. The molecule has 0 saturated carbocycles. The molecule has 2 aromatic heterocycles. The predicted molar refractivity (Wildman–Crippen MR) is 85.6 cm³/mol. The van der Waals surface area contributed by atoms with Crippen LogP contribution in [0, 0.1) is 6.92 Å². The third-order valence-electron chi connectivity index (χ3n) is 3.34. The Morgan fingerprint density at radius 3 is 2.74 bits per heavy atom. The summed E-state index contributed by atoms with van der Waals surface area (Å²) in [5, 5.41) is 8.77. The van der Waals surface area contributed by atoms with Gasteiger partial charge in [-0.2, -0.15) is 5.10 Å². The zero-order valence-corrected chi connectivity index (χ0v) is 13.5. The van der Waals surface area contributed by atoms with Crippen LogP contribution in [0.4, 0.5) is 0 Å². The first-order valence-corrected chi connectivity index (χ1v) is 7.39. The van der Waals surface area contributed by atoms with Crippen molar-refractivity contribution in [3.63, 3.8) is 0 Å². The van der Waals surface area contributed by atoms with E-state index in [9.17, 15) is 4.79 Å². The van der Waals surface area contributed by atoms with Crippen molar-refractivity contribution in [2.24, 2.45) is 0 Å². The number of carbonyl (C=O) groups is 1. The van der Waals surface area contributed by atoms with Gasteiger partial charge < -0.3 is 9.42 Å². The molecule has 0 spiro atoms. The summed E-state index contributed by atoms with van der Waals surface area (Å²) < 4.78 is 6.64. The van der Waals surface area contributed by atoms with Gasteiger partial charge in [0, 0.05) is 24.3 Å². The van der Waals surface area contributed by atoms with Gasteiger partial charge in [-0.1, -0.05) is 16.8 Å². The van der Waals surface area contributed by atoms with Crippen molar-refractivity contribution in [1.82, 2.24) is 19.8 Å². The Labute approximate surface area is 138 Å². The Hall–Kier alpha value is -2.60. The molecule has 0 aliphatic rings. The molecule has 0 aliphatic carbocycles. The Kier molecular flexibility index (Phi) is 4.16. The van der Waals surface area contributed by atoms with Crippen LogP contribution in [0.1, 0.15) is 21.8 Å². The molecule has 2 heterocycles. The summed E-state index contributed by atoms with van der Waals surface area (Å²) in [6, 6.07) is 9.04. The van der Waals surface area contributed by atoms with Gasteiger partial charge in [-0.25, -0.2) is 4.68 Å². The topological polar surface area (TPSA) is 64.2 Å². The number of hydrogen-bond acceptors (Lipinski definition) is 4. The van der Waals surface area contributed by atoms with Gasteiger partial charge in [0.1, 0.15) is 11.5 Å². The number of rotatable bonds is 4. The summed E-state index contributed by atoms with van der Waals surface area (Å²) in [7, 11) is 1.71. The van der Waals surface area contributed by atoms with Crippen molar-refractivity contribution in [1.29, 1.82) is 0 Å². The fraction of sp³-hybridized carbons (Fsp3) is 0.188. The van der Waals surface area contributed by atoms with E-state index < -0.39 is 0 Å². The summed E-state index contributed by atoms with van der Waals surface area (Å²) in [4.78, 5) is 14.0. The van der Waals surface area contributed by atoms with Crippen LogP contribution in [-0.4, -0.2) is 32.8 Å². The molecule has 23 heavy (non-hydrogen) atoms. The number of amides is 1. The van der Waals surface area contributed by atoms with Crippen molar-refractivity contribution in [3.05, 3.63) is 64.8 Å². The first-order chi connectivity index (χ1) is 11.0. The minimum absolute atomic E-state index is 0.133. The van der Waals surface area contributed by atoms with E-state index >= 15 is 0 Å². The second kappa shape index (κ2) is 6.26. The lowest BCUT2D eigenvalue weighted by molar-refractivity contribution is 0.0782. The van der Waals surface area contributed by atoms with E-state index in [1.165, 1.54) is 0 Å². The van der Waals surface area contributed by atoms with Crippen molar-refractivity contribution < 1.29 is 9.32 Å². The van der Waals surface area contributed by atoms with Crippen LogP contribution in [-0.2, 0) is 6.54 Å². The smallest absolute Gasteiger partial charge is 0.257 e. The van der Waals surface area contributed by atoms with Crippen molar-refractivity contribution >= 4 is 17.5 Å². The van der Waals surface area contributed by atoms with E-state index in [2.05, 4.69) is 10.3 Å². The molecule has 3 rings (SSSR count). The van der Waals surface area contributed by atoms with Gasteiger partial charge >= 0.3 is 0 Å².